The van der Waals surface area contributed by atoms with Gasteiger partial charge in [0.1, 0.15) is 11.5 Å². The molecule has 0 radical (unpaired) electrons. The van der Waals surface area contributed by atoms with Crippen molar-refractivity contribution in [2.24, 2.45) is 0 Å². The molecule has 2 aromatic rings. The Hall–Kier alpha value is -2.14. The lowest BCUT2D eigenvalue weighted by Crippen LogP contribution is -2.06. The van der Waals surface area contributed by atoms with Crippen molar-refractivity contribution in [1.82, 2.24) is 9.78 Å². The Morgan fingerprint density at radius 1 is 1.33 bits per heavy atom. The third-order valence-electron chi connectivity index (χ3n) is 2.72. The maximum atomic E-state index is 11.1. The maximum Gasteiger partial charge on any atom is 0.156 e. The van der Waals surface area contributed by atoms with Crippen LogP contribution in [0.3, 0.4) is 0 Å². The summed E-state index contributed by atoms with van der Waals surface area (Å²) < 4.78 is 1.56. The highest BCUT2D eigenvalue weighted by molar-refractivity contribution is 5.91. The van der Waals surface area contributed by atoms with Crippen molar-refractivity contribution in [3.8, 4) is 11.3 Å². The number of aldehydes is 1. The van der Waals surface area contributed by atoms with E-state index < -0.39 is 0 Å². The minimum Gasteiger partial charge on any atom is -0.396 e. The van der Waals surface area contributed by atoms with E-state index in [0.717, 1.165) is 11.8 Å². The quantitative estimate of drug-likeness (QED) is 0.778. The summed E-state index contributed by atoms with van der Waals surface area (Å²) in [4.78, 5) is 11.1. The molecule has 0 aliphatic heterocycles. The highest BCUT2D eigenvalue weighted by atomic mass is 16.3. The summed E-state index contributed by atoms with van der Waals surface area (Å²) in [6, 6.07) is 9.42. The van der Waals surface area contributed by atoms with Crippen molar-refractivity contribution in [3.05, 3.63) is 35.9 Å². The van der Waals surface area contributed by atoms with Crippen molar-refractivity contribution >= 4 is 12.1 Å². The molecule has 0 unspecified atom stereocenters. The third kappa shape index (κ3) is 2.26. The van der Waals surface area contributed by atoms with Crippen molar-refractivity contribution < 1.29 is 9.90 Å². The molecule has 0 saturated carbocycles. The van der Waals surface area contributed by atoms with Crippen LogP contribution in [0, 0.1) is 0 Å². The van der Waals surface area contributed by atoms with Crippen LogP contribution >= 0.6 is 0 Å². The second-order valence-electron chi connectivity index (χ2n) is 3.93. The van der Waals surface area contributed by atoms with E-state index in [2.05, 4.69) is 5.10 Å². The van der Waals surface area contributed by atoms with Crippen molar-refractivity contribution in [1.29, 1.82) is 0 Å². The van der Waals surface area contributed by atoms with Crippen LogP contribution in [-0.4, -0.2) is 27.8 Å². The zero-order valence-corrected chi connectivity index (χ0v) is 9.91. The molecule has 0 spiro atoms. The van der Waals surface area contributed by atoms with E-state index >= 15 is 0 Å². The first-order valence-electron chi connectivity index (χ1n) is 5.75. The summed E-state index contributed by atoms with van der Waals surface area (Å²) in [7, 11) is 0. The average Bonchev–Trinajstić information content (AvgIpc) is 2.74. The Kier molecular flexibility index (Phi) is 3.74. The van der Waals surface area contributed by atoms with Crippen LogP contribution in [0.25, 0.3) is 11.3 Å². The minimum absolute atomic E-state index is 0.0659. The summed E-state index contributed by atoms with van der Waals surface area (Å²) in [5, 5.41) is 13.2. The van der Waals surface area contributed by atoms with Gasteiger partial charge in [-0.05, 0) is 6.42 Å². The molecule has 2 rings (SSSR count). The molecule has 0 saturated heterocycles. The van der Waals surface area contributed by atoms with Gasteiger partial charge in [0.2, 0.25) is 0 Å². The van der Waals surface area contributed by atoms with Crippen LogP contribution in [0.5, 0.6) is 0 Å². The third-order valence-corrected chi connectivity index (χ3v) is 2.72. The number of hydrogen-bond donors (Lipinski definition) is 2. The molecule has 0 bridgehead atoms. The number of aryl methyl sites for hydroxylation is 1. The molecule has 0 atom stereocenters. The van der Waals surface area contributed by atoms with Gasteiger partial charge in [0, 0.05) is 18.7 Å². The fourth-order valence-corrected chi connectivity index (χ4v) is 1.81. The van der Waals surface area contributed by atoms with Gasteiger partial charge in [-0.1, -0.05) is 30.3 Å². The number of nitrogen functional groups attached to an aromatic ring is 1. The number of nitrogens with two attached hydrogens (primary N) is 1. The van der Waals surface area contributed by atoms with E-state index in [1.54, 1.807) is 4.68 Å². The van der Waals surface area contributed by atoms with Crippen LogP contribution in [0.4, 0.5) is 5.82 Å². The number of hydrogen-bond acceptors (Lipinski definition) is 4. The lowest BCUT2D eigenvalue weighted by molar-refractivity contribution is 0.112. The Morgan fingerprint density at radius 3 is 2.67 bits per heavy atom. The van der Waals surface area contributed by atoms with Crippen LogP contribution < -0.4 is 5.73 Å². The second kappa shape index (κ2) is 5.46. The fraction of sp³-hybridized carbons (Fsp3) is 0.231. The molecule has 0 fully saturated rings. The first-order chi connectivity index (χ1) is 8.77. The number of aliphatic hydroxyl groups is 1. The van der Waals surface area contributed by atoms with Gasteiger partial charge in [0.05, 0.1) is 5.56 Å². The first-order valence-corrected chi connectivity index (χ1v) is 5.75. The first kappa shape index (κ1) is 12.3. The zero-order valence-electron chi connectivity index (χ0n) is 9.91. The molecule has 1 aromatic heterocycles. The molecule has 94 valence electrons. The van der Waals surface area contributed by atoms with E-state index in [1.165, 1.54) is 0 Å². The van der Waals surface area contributed by atoms with Gasteiger partial charge < -0.3 is 10.8 Å². The predicted octanol–water partition coefficient (Wildman–Crippen LogP) is 1.33. The molecule has 5 heteroatoms. The van der Waals surface area contributed by atoms with Gasteiger partial charge in [-0.15, -0.1) is 0 Å². The molecule has 3 N–H and O–H groups in total. The molecular formula is C13H15N3O2. The largest absolute Gasteiger partial charge is 0.396 e. The van der Waals surface area contributed by atoms with Gasteiger partial charge in [0.25, 0.3) is 0 Å². The Labute approximate surface area is 105 Å². The molecule has 0 amide bonds. The fourth-order valence-electron chi connectivity index (χ4n) is 1.81. The van der Waals surface area contributed by atoms with Crippen molar-refractivity contribution in [3.63, 3.8) is 0 Å². The topological polar surface area (TPSA) is 81.1 Å². The monoisotopic (exact) mass is 245 g/mol. The van der Waals surface area contributed by atoms with E-state index in [1.807, 2.05) is 30.3 Å². The highest BCUT2D eigenvalue weighted by Gasteiger charge is 2.15. The zero-order chi connectivity index (χ0) is 13.0. The molecule has 0 aliphatic rings. The summed E-state index contributed by atoms with van der Waals surface area (Å²) in [6.07, 6.45) is 1.28. The molecular weight excluding hydrogens is 230 g/mol. The lowest BCUT2D eigenvalue weighted by Gasteiger charge is -2.01. The van der Waals surface area contributed by atoms with E-state index in [-0.39, 0.29) is 6.61 Å². The predicted molar refractivity (Wildman–Crippen MR) is 69.2 cm³/mol. The SMILES string of the molecule is Nc1c(C=O)c(-c2ccccc2)nn1CCCO. The molecule has 1 aromatic carbocycles. The Bertz CT molecular complexity index is 535. The lowest BCUT2D eigenvalue weighted by atomic mass is 10.1. The number of carbonyl (C=O) groups excluding carboxylic acids is 1. The number of nitrogens with zero attached hydrogens (tertiary/aromatic N) is 2. The minimum atomic E-state index is 0.0659. The second-order valence-corrected chi connectivity index (χ2v) is 3.93. The van der Waals surface area contributed by atoms with E-state index in [0.29, 0.717) is 30.0 Å². The Morgan fingerprint density at radius 2 is 2.06 bits per heavy atom. The summed E-state index contributed by atoms with van der Waals surface area (Å²) in [6.45, 7) is 0.562. The summed E-state index contributed by atoms with van der Waals surface area (Å²) in [5.41, 5.74) is 7.72. The van der Waals surface area contributed by atoms with Gasteiger partial charge in [0.15, 0.2) is 6.29 Å². The molecule has 5 nitrogen and oxygen atoms in total. The molecule has 0 aliphatic carbocycles. The Balaban J connectivity index is 2.44. The molecule has 1 heterocycles. The highest BCUT2D eigenvalue weighted by Crippen LogP contribution is 2.25. The van der Waals surface area contributed by atoms with Crippen LogP contribution in [-0.2, 0) is 6.54 Å². The van der Waals surface area contributed by atoms with Crippen molar-refractivity contribution in [2.45, 2.75) is 13.0 Å². The van der Waals surface area contributed by atoms with Gasteiger partial charge >= 0.3 is 0 Å². The van der Waals surface area contributed by atoms with Gasteiger partial charge in [-0.2, -0.15) is 5.10 Å². The standard InChI is InChI=1S/C13H15N3O2/c14-13-11(9-18)12(10-5-2-1-3-6-10)15-16(13)7-4-8-17/h1-3,5-6,9,17H,4,7-8,14H2. The van der Waals surface area contributed by atoms with Gasteiger partial charge in [-0.25, -0.2) is 4.68 Å². The number of benzene rings is 1. The van der Waals surface area contributed by atoms with E-state index in [9.17, 15) is 4.79 Å². The molecule has 18 heavy (non-hydrogen) atoms. The van der Waals surface area contributed by atoms with Crippen LogP contribution in [0.15, 0.2) is 30.3 Å². The van der Waals surface area contributed by atoms with Crippen molar-refractivity contribution in [2.75, 3.05) is 12.3 Å². The maximum absolute atomic E-state index is 11.1. The summed E-state index contributed by atoms with van der Waals surface area (Å²) in [5.74, 6) is 0.345. The number of rotatable bonds is 5. The smallest absolute Gasteiger partial charge is 0.156 e. The summed E-state index contributed by atoms with van der Waals surface area (Å²) >= 11 is 0. The average molecular weight is 245 g/mol. The van der Waals surface area contributed by atoms with E-state index in [4.69, 9.17) is 10.8 Å². The number of aliphatic hydroxyl groups excluding tert-OH is 1. The normalized spacial score (nSPS) is 10.5. The number of anilines is 1. The number of carbonyl (C=O) groups is 1. The van der Waals surface area contributed by atoms with Crippen LogP contribution in [0.1, 0.15) is 16.8 Å². The van der Waals surface area contributed by atoms with Gasteiger partial charge in [-0.3, -0.25) is 4.79 Å². The van der Waals surface area contributed by atoms with Crippen LogP contribution in [0.2, 0.25) is 0 Å². The number of aromatic nitrogens is 2.